The zero-order valence-corrected chi connectivity index (χ0v) is 17.2. The topological polar surface area (TPSA) is 26.3 Å². The zero-order chi connectivity index (χ0) is 18.8. The van der Waals surface area contributed by atoms with E-state index in [2.05, 4.69) is 62.4 Å². The summed E-state index contributed by atoms with van der Waals surface area (Å²) in [5, 5.41) is 0. The summed E-state index contributed by atoms with van der Waals surface area (Å²) < 4.78 is 6.77. The Balaban J connectivity index is 2.23. The van der Waals surface area contributed by atoms with Crippen molar-refractivity contribution in [2.45, 2.75) is 55.9 Å². The first-order chi connectivity index (χ1) is 12.6. The van der Waals surface area contributed by atoms with Crippen LogP contribution in [0, 0.1) is 0 Å². The highest BCUT2D eigenvalue weighted by atomic mass is 32.2. The fourth-order valence-electron chi connectivity index (χ4n) is 2.57. The minimum absolute atomic E-state index is 0.0553. The Morgan fingerprint density at radius 3 is 1.85 bits per heavy atom. The van der Waals surface area contributed by atoms with Crippen molar-refractivity contribution in [1.29, 1.82) is 0 Å². The van der Waals surface area contributed by atoms with E-state index in [-0.39, 0.29) is 12.1 Å². The molecule has 0 fully saturated rings. The van der Waals surface area contributed by atoms with Gasteiger partial charge in [0.15, 0.2) is 0 Å². The second-order valence-corrected chi connectivity index (χ2v) is 8.55. The Labute approximate surface area is 165 Å². The number of benzene rings is 2. The molecule has 0 aliphatic heterocycles. The molecule has 2 aromatic rings. The summed E-state index contributed by atoms with van der Waals surface area (Å²) in [6, 6.07) is 20.8. The number of thioether (sulfide) groups is 2. The summed E-state index contributed by atoms with van der Waals surface area (Å²) >= 11 is 3.55. The summed E-state index contributed by atoms with van der Waals surface area (Å²) in [5.41, 5.74) is 1.26. The molecule has 4 heteroatoms. The van der Waals surface area contributed by atoms with Gasteiger partial charge >= 0.3 is 5.97 Å². The summed E-state index contributed by atoms with van der Waals surface area (Å²) in [6.45, 7) is 5.75. The minimum atomic E-state index is -0.204. The molecule has 0 heterocycles. The highest BCUT2D eigenvalue weighted by Gasteiger charge is 2.16. The van der Waals surface area contributed by atoms with Crippen molar-refractivity contribution >= 4 is 29.5 Å². The van der Waals surface area contributed by atoms with E-state index in [4.69, 9.17) is 4.74 Å². The third-order valence-corrected chi connectivity index (χ3v) is 6.32. The number of rotatable bonds is 9. The van der Waals surface area contributed by atoms with Gasteiger partial charge in [0.2, 0.25) is 0 Å². The first kappa shape index (κ1) is 20.7. The van der Waals surface area contributed by atoms with Gasteiger partial charge in [-0.25, -0.2) is 0 Å². The molecular weight excluding hydrogens is 360 g/mol. The standard InChI is InChI=1S/C22H26O2S2/c1-4-11-19(24-18(3)23)16-17(2)22(25-20-12-7-5-8-13-20)26-21-14-9-6-10-15-21/h5-10,12-15,19H,4,11,16H2,1-3H3/t19-/m0/s1. The number of hydrogen-bond acceptors (Lipinski definition) is 4. The van der Waals surface area contributed by atoms with Gasteiger partial charge in [0.05, 0.1) is 0 Å². The van der Waals surface area contributed by atoms with E-state index in [1.54, 1.807) is 23.5 Å². The number of carbonyl (C=O) groups excluding carboxylic acids is 1. The summed E-state index contributed by atoms with van der Waals surface area (Å²) in [7, 11) is 0. The van der Waals surface area contributed by atoms with Gasteiger partial charge in [-0.05, 0) is 43.2 Å². The van der Waals surface area contributed by atoms with Gasteiger partial charge in [0.25, 0.3) is 0 Å². The fraction of sp³-hybridized carbons (Fsp3) is 0.318. The van der Waals surface area contributed by atoms with Gasteiger partial charge in [-0.15, -0.1) is 0 Å². The first-order valence-electron chi connectivity index (χ1n) is 8.91. The average Bonchev–Trinajstić information content (AvgIpc) is 2.62. The quantitative estimate of drug-likeness (QED) is 0.345. The summed E-state index contributed by atoms with van der Waals surface area (Å²) in [6.07, 6.45) is 2.59. The molecule has 0 unspecified atom stereocenters. The molecule has 0 saturated heterocycles. The Hall–Kier alpha value is -1.65. The van der Waals surface area contributed by atoms with Gasteiger partial charge in [-0.2, -0.15) is 0 Å². The van der Waals surface area contributed by atoms with Gasteiger partial charge in [0, 0.05) is 27.4 Å². The molecule has 138 valence electrons. The van der Waals surface area contributed by atoms with Gasteiger partial charge < -0.3 is 4.74 Å². The molecule has 2 nitrogen and oxygen atoms in total. The van der Waals surface area contributed by atoms with Gasteiger partial charge in [0.1, 0.15) is 6.10 Å². The average molecular weight is 387 g/mol. The van der Waals surface area contributed by atoms with Crippen LogP contribution in [-0.2, 0) is 9.53 Å². The Morgan fingerprint density at radius 1 is 0.923 bits per heavy atom. The lowest BCUT2D eigenvalue weighted by Gasteiger charge is -2.19. The van der Waals surface area contributed by atoms with Crippen molar-refractivity contribution in [3.05, 3.63) is 70.5 Å². The highest BCUT2D eigenvalue weighted by molar-refractivity contribution is 8.22. The van der Waals surface area contributed by atoms with Crippen LogP contribution in [0.15, 0.2) is 80.3 Å². The SMILES string of the molecule is CCC[C@@H](CC(C)=C(Sc1ccccc1)Sc1ccccc1)OC(C)=O. The molecule has 0 amide bonds. The second kappa shape index (κ2) is 11.1. The largest absolute Gasteiger partial charge is 0.462 e. The van der Waals surface area contributed by atoms with Crippen LogP contribution in [0.4, 0.5) is 0 Å². The fourth-order valence-corrected chi connectivity index (χ4v) is 4.84. The van der Waals surface area contributed by atoms with E-state index >= 15 is 0 Å². The van der Waals surface area contributed by atoms with Crippen molar-refractivity contribution in [2.24, 2.45) is 0 Å². The lowest BCUT2D eigenvalue weighted by molar-refractivity contribution is -0.146. The Kier molecular flexibility index (Phi) is 8.86. The number of esters is 1. The molecule has 2 aromatic carbocycles. The summed E-state index contributed by atoms with van der Waals surface area (Å²) in [5.74, 6) is -0.204. The molecule has 0 spiro atoms. The zero-order valence-electron chi connectivity index (χ0n) is 15.6. The van der Waals surface area contributed by atoms with Crippen LogP contribution in [0.1, 0.15) is 40.0 Å². The van der Waals surface area contributed by atoms with Crippen molar-refractivity contribution in [1.82, 2.24) is 0 Å². The van der Waals surface area contributed by atoms with E-state index in [1.165, 1.54) is 26.5 Å². The van der Waals surface area contributed by atoms with Crippen LogP contribution in [0.25, 0.3) is 0 Å². The van der Waals surface area contributed by atoms with Crippen LogP contribution >= 0.6 is 23.5 Å². The van der Waals surface area contributed by atoms with E-state index in [0.29, 0.717) is 0 Å². The van der Waals surface area contributed by atoms with E-state index < -0.39 is 0 Å². The summed E-state index contributed by atoms with van der Waals surface area (Å²) in [4.78, 5) is 13.8. The maximum atomic E-state index is 11.4. The number of hydrogen-bond donors (Lipinski definition) is 0. The number of carbonyl (C=O) groups is 1. The molecule has 0 saturated carbocycles. The van der Waals surface area contributed by atoms with E-state index in [9.17, 15) is 4.79 Å². The lowest BCUT2D eigenvalue weighted by atomic mass is 10.1. The molecule has 0 aromatic heterocycles. The highest BCUT2D eigenvalue weighted by Crippen LogP contribution is 2.42. The molecule has 0 aliphatic carbocycles. The van der Waals surface area contributed by atoms with Crippen LogP contribution in [0.3, 0.4) is 0 Å². The molecule has 0 N–H and O–H groups in total. The van der Waals surface area contributed by atoms with E-state index in [0.717, 1.165) is 19.3 Å². The number of ether oxygens (including phenoxy) is 1. The lowest BCUT2D eigenvalue weighted by Crippen LogP contribution is -2.16. The molecular formula is C22H26O2S2. The van der Waals surface area contributed by atoms with Crippen LogP contribution in [-0.4, -0.2) is 12.1 Å². The van der Waals surface area contributed by atoms with Crippen LogP contribution in [0.2, 0.25) is 0 Å². The third kappa shape index (κ3) is 7.30. The molecule has 26 heavy (non-hydrogen) atoms. The third-order valence-electron chi connectivity index (χ3n) is 3.73. The molecule has 1 atom stereocenters. The molecule has 2 rings (SSSR count). The van der Waals surface area contributed by atoms with Crippen molar-refractivity contribution < 1.29 is 9.53 Å². The predicted octanol–water partition coefficient (Wildman–Crippen LogP) is 6.92. The van der Waals surface area contributed by atoms with Crippen molar-refractivity contribution in [2.75, 3.05) is 0 Å². The van der Waals surface area contributed by atoms with Crippen LogP contribution in [0.5, 0.6) is 0 Å². The van der Waals surface area contributed by atoms with Gasteiger partial charge in [-0.1, -0.05) is 73.3 Å². The maximum absolute atomic E-state index is 11.4. The van der Waals surface area contributed by atoms with Crippen molar-refractivity contribution in [3.63, 3.8) is 0 Å². The van der Waals surface area contributed by atoms with E-state index in [1.807, 2.05) is 12.1 Å². The first-order valence-corrected chi connectivity index (χ1v) is 10.5. The molecule has 0 bridgehead atoms. The normalized spacial score (nSPS) is 11.7. The predicted molar refractivity (Wildman–Crippen MR) is 112 cm³/mol. The van der Waals surface area contributed by atoms with Gasteiger partial charge in [-0.3, -0.25) is 4.79 Å². The minimum Gasteiger partial charge on any atom is -0.462 e. The maximum Gasteiger partial charge on any atom is 0.302 e. The monoisotopic (exact) mass is 386 g/mol. The Morgan fingerprint density at radius 2 is 1.42 bits per heavy atom. The second-order valence-electron chi connectivity index (χ2n) is 6.12. The molecule has 0 radical (unpaired) electrons. The van der Waals surface area contributed by atoms with Crippen molar-refractivity contribution in [3.8, 4) is 0 Å². The van der Waals surface area contributed by atoms with Crippen LogP contribution < -0.4 is 0 Å². The molecule has 0 aliphatic rings. The Bertz CT molecular complexity index is 668. The smallest absolute Gasteiger partial charge is 0.302 e.